The Hall–Kier alpha value is -0.340. The maximum atomic E-state index is 3.77. The first-order valence-corrected chi connectivity index (χ1v) is 7.99. The summed E-state index contributed by atoms with van der Waals surface area (Å²) in [6.45, 7) is 3.58. The van der Waals surface area contributed by atoms with E-state index < -0.39 is 0 Å². The summed E-state index contributed by atoms with van der Waals surface area (Å²) in [5, 5.41) is 3.77. The summed E-state index contributed by atoms with van der Waals surface area (Å²) in [5.41, 5.74) is 2.19. The molecule has 2 heteroatoms. The van der Waals surface area contributed by atoms with E-state index in [1.54, 1.807) is 0 Å². The highest BCUT2D eigenvalue weighted by Gasteiger charge is 2.41. The van der Waals surface area contributed by atoms with Crippen LogP contribution in [0, 0.1) is 5.41 Å². The Morgan fingerprint density at radius 3 is 2.44 bits per heavy atom. The molecule has 0 spiro atoms. The smallest absolute Gasteiger partial charge is 0.0175 e. The van der Waals surface area contributed by atoms with E-state index in [0.29, 0.717) is 5.41 Å². The average Bonchev–Trinajstić information content (AvgIpc) is 3.10. The lowest BCUT2D eigenvalue weighted by Gasteiger charge is -2.37. The fourth-order valence-corrected chi connectivity index (χ4v) is 3.25. The van der Waals surface area contributed by atoms with E-state index in [1.807, 2.05) is 0 Å². The lowest BCUT2D eigenvalue weighted by atomic mass is 9.75. The van der Waals surface area contributed by atoms with Crippen molar-refractivity contribution in [3.63, 3.8) is 0 Å². The Morgan fingerprint density at radius 2 is 1.89 bits per heavy atom. The van der Waals surface area contributed by atoms with Gasteiger partial charge >= 0.3 is 0 Å². The van der Waals surface area contributed by atoms with Gasteiger partial charge in [0.05, 0.1) is 0 Å². The molecule has 0 bridgehead atoms. The lowest BCUT2D eigenvalue weighted by Crippen LogP contribution is -2.42. The summed E-state index contributed by atoms with van der Waals surface area (Å²) >= 11 is 3.50. The first-order chi connectivity index (χ1) is 8.71. The zero-order valence-corrected chi connectivity index (χ0v) is 12.7. The molecule has 1 nitrogen and oxygen atoms in total. The molecule has 2 aliphatic carbocycles. The van der Waals surface area contributed by atoms with Crippen LogP contribution in [0.1, 0.15) is 50.5 Å². The molecular formula is C16H22BrN. The quantitative estimate of drug-likeness (QED) is 0.846. The minimum absolute atomic E-state index is 0.683. The predicted molar refractivity (Wildman–Crippen MR) is 79.9 cm³/mol. The van der Waals surface area contributed by atoms with Crippen LogP contribution in [-0.2, 0) is 0 Å². The van der Waals surface area contributed by atoms with Crippen LogP contribution < -0.4 is 5.32 Å². The Labute approximate surface area is 118 Å². The summed E-state index contributed by atoms with van der Waals surface area (Å²) in [4.78, 5) is 0. The summed E-state index contributed by atoms with van der Waals surface area (Å²) in [6, 6.07) is 9.61. The fourth-order valence-electron chi connectivity index (χ4n) is 2.98. The number of nitrogens with one attached hydrogen (secondary N) is 1. The van der Waals surface area contributed by atoms with E-state index >= 15 is 0 Å². The molecule has 18 heavy (non-hydrogen) atoms. The second-order valence-electron chi connectivity index (χ2n) is 6.15. The molecule has 0 atom stereocenters. The minimum Gasteiger partial charge on any atom is -0.313 e. The van der Waals surface area contributed by atoms with Crippen molar-refractivity contribution < 1.29 is 0 Å². The average molecular weight is 308 g/mol. The van der Waals surface area contributed by atoms with Gasteiger partial charge in [0.1, 0.15) is 0 Å². The van der Waals surface area contributed by atoms with Gasteiger partial charge in [-0.1, -0.05) is 35.0 Å². The molecule has 0 unspecified atom stereocenters. The summed E-state index contributed by atoms with van der Waals surface area (Å²) in [6.07, 6.45) is 6.88. The van der Waals surface area contributed by atoms with Crippen LogP contribution in [0.2, 0.25) is 0 Å². The van der Waals surface area contributed by atoms with E-state index in [1.165, 1.54) is 48.7 Å². The van der Waals surface area contributed by atoms with Crippen LogP contribution in [0.4, 0.5) is 0 Å². The maximum absolute atomic E-state index is 3.77. The topological polar surface area (TPSA) is 12.0 Å². The number of rotatable bonds is 5. The molecular weight excluding hydrogens is 286 g/mol. The third kappa shape index (κ3) is 2.65. The largest absolute Gasteiger partial charge is 0.313 e. The van der Waals surface area contributed by atoms with Gasteiger partial charge in [-0.3, -0.25) is 0 Å². The summed E-state index contributed by atoms with van der Waals surface area (Å²) in [5.74, 6) is 0.785. The number of halogens is 1. The van der Waals surface area contributed by atoms with Crippen molar-refractivity contribution in [2.45, 2.75) is 51.0 Å². The van der Waals surface area contributed by atoms with Crippen molar-refractivity contribution in [2.75, 3.05) is 6.54 Å². The van der Waals surface area contributed by atoms with Crippen LogP contribution in [-0.4, -0.2) is 12.6 Å². The monoisotopic (exact) mass is 307 g/mol. The van der Waals surface area contributed by atoms with E-state index in [0.717, 1.165) is 12.0 Å². The summed E-state index contributed by atoms with van der Waals surface area (Å²) < 4.78 is 1.18. The van der Waals surface area contributed by atoms with E-state index in [-0.39, 0.29) is 0 Å². The molecule has 98 valence electrons. The van der Waals surface area contributed by atoms with Crippen LogP contribution in [0.3, 0.4) is 0 Å². The van der Waals surface area contributed by atoms with Gasteiger partial charge in [0, 0.05) is 17.1 Å². The molecule has 1 N–H and O–H groups in total. The number of hydrogen-bond acceptors (Lipinski definition) is 1. The molecule has 2 aliphatic rings. The highest BCUT2D eigenvalue weighted by atomic mass is 79.9. The van der Waals surface area contributed by atoms with Gasteiger partial charge in [-0.05, 0) is 61.1 Å². The van der Waals surface area contributed by atoms with E-state index in [4.69, 9.17) is 0 Å². The maximum Gasteiger partial charge on any atom is 0.0175 e. The van der Waals surface area contributed by atoms with Crippen LogP contribution in [0.5, 0.6) is 0 Å². The molecule has 0 aromatic heterocycles. The van der Waals surface area contributed by atoms with Gasteiger partial charge in [0.2, 0.25) is 0 Å². The Morgan fingerprint density at radius 1 is 1.22 bits per heavy atom. The molecule has 2 saturated carbocycles. The summed E-state index contributed by atoms with van der Waals surface area (Å²) in [7, 11) is 0. The van der Waals surface area contributed by atoms with Crippen molar-refractivity contribution in [1.82, 2.24) is 5.32 Å². The molecule has 0 aliphatic heterocycles. The SMILES string of the molecule is CCC1(CNC2CC(c3ccc(Br)cc3)C2)CC1. The Bertz CT molecular complexity index is 402. The molecule has 1 aromatic carbocycles. The first kappa shape index (κ1) is 12.7. The molecule has 0 radical (unpaired) electrons. The highest BCUT2D eigenvalue weighted by molar-refractivity contribution is 9.10. The molecule has 0 saturated heterocycles. The van der Waals surface area contributed by atoms with Crippen molar-refractivity contribution in [3.05, 3.63) is 34.3 Å². The second kappa shape index (κ2) is 4.97. The van der Waals surface area contributed by atoms with Crippen LogP contribution in [0.15, 0.2) is 28.7 Å². The van der Waals surface area contributed by atoms with Crippen molar-refractivity contribution in [1.29, 1.82) is 0 Å². The van der Waals surface area contributed by atoms with Gasteiger partial charge in [-0.25, -0.2) is 0 Å². The molecule has 1 aromatic rings. The normalized spacial score (nSPS) is 28.8. The zero-order valence-electron chi connectivity index (χ0n) is 11.1. The first-order valence-electron chi connectivity index (χ1n) is 7.20. The second-order valence-corrected chi connectivity index (χ2v) is 7.07. The van der Waals surface area contributed by atoms with Gasteiger partial charge in [0.15, 0.2) is 0 Å². The Balaban J connectivity index is 1.44. The molecule has 0 heterocycles. The van der Waals surface area contributed by atoms with Gasteiger partial charge in [-0.15, -0.1) is 0 Å². The van der Waals surface area contributed by atoms with E-state index in [9.17, 15) is 0 Å². The molecule has 3 rings (SSSR count). The van der Waals surface area contributed by atoms with Crippen LogP contribution >= 0.6 is 15.9 Å². The highest BCUT2D eigenvalue weighted by Crippen LogP contribution is 2.48. The van der Waals surface area contributed by atoms with Crippen LogP contribution in [0.25, 0.3) is 0 Å². The van der Waals surface area contributed by atoms with Gasteiger partial charge in [-0.2, -0.15) is 0 Å². The Kier molecular flexibility index (Phi) is 3.50. The van der Waals surface area contributed by atoms with Gasteiger partial charge in [0.25, 0.3) is 0 Å². The number of benzene rings is 1. The standard InChI is InChI=1S/C16H22BrN/c1-2-16(7-8-16)11-18-15-9-13(10-15)12-3-5-14(17)6-4-12/h3-6,13,15,18H,2,7-11H2,1H3. The predicted octanol–water partition coefficient (Wildman–Crippen LogP) is 4.47. The zero-order chi connectivity index (χ0) is 12.6. The minimum atomic E-state index is 0.683. The van der Waals surface area contributed by atoms with Crippen molar-refractivity contribution >= 4 is 15.9 Å². The van der Waals surface area contributed by atoms with Gasteiger partial charge < -0.3 is 5.32 Å². The third-order valence-corrected chi connectivity index (χ3v) is 5.48. The van der Waals surface area contributed by atoms with Crippen molar-refractivity contribution in [3.8, 4) is 0 Å². The lowest BCUT2D eigenvalue weighted by molar-refractivity contribution is 0.268. The molecule has 2 fully saturated rings. The van der Waals surface area contributed by atoms with Crippen molar-refractivity contribution in [2.24, 2.45) is 5.41 Å². The number of hydrogen-bond donors (Lipinski definition) is 1. The fraction of sp³-hybridized carbons (Fsp3) is 0.625. The third-order valence-electron chi connectivity index (χ3n) is 4.95. The molecule has 0 amide bonds. The van der Waals surface area contributed by atoms with E-state index in [2.05, 4.69) is 52.4 Å².